The molecule has 0 spiro atoms. The molecule has 19 heavy (non-hydrogen) atoms. The normalized spacial score (nSPS) is 12.7. The Balaban J connectivity index is 2.09. The van der Waals surface area contributed by atoms with Crippen molar-refractivity contribution in [2.24, 2.45) is 12.9 Å². The number of rotatable bonds is 3. The molecule has 2 heterocycles. The number of nitrogens with zero attached hydrogens (tertiary/aromatic N) is 3. The minimum Gasteiger partial charge on any atom is -0.336 e. The number of benzene rings is 1. The van der Waals surface area contributed by atoms with Crippen LogP contribution in [0.3, 0.4) is 0 Å². The second-order valence-corrected chi connectivity index (χ2v) is 4.48. The maximum Gasteiger partial charge on any atom is 0.0946 e. The highest BCUT2D eigenvalue weighted by molar-refractivity contribution is 5.79. The van der Waals surface area contributed by atoms with Crippen LogP contribution in [-0.4, -0.2) is 14.5 Å². The van der Waals surface area contributed by atoms with Crippen LogP contribution in [0.25, 0.3) is 10.9 Å². The van der Waals surface area contributed by atoms with Gasteiger partial charge in [-0.05, 0) is 23.8 Å². The van der Waals surface area contributed by atoms with Gasteiger partial charge in [0, 0.05) is 18.6 Å². The number of aryl methyl sites for hydroxylation is 1. The number of pyridine rings is 1. The number of hydrazine groups is 1. The molecule has 1 unspecified atom stereocenters. The average molecular weight is 253 g/mol. The summed E-state index contributed by atoms with van der Waals surface area (Å²) in [5.74, 6) is 5.70. The van der Waals surface area contributed by atoms with Gasteiger partial charge >= 0.3 is 0 Å². The standard InChI is InChI=1S/C14H15N5/c1-19-9-16-8-13(19)14(18-15)11-4-5-12-10(7-11)3-2-6-17-12/h2-9,14,18H,15H2,1H3. The topological polar surface area (TPSA) is 68.8 Å². The molecule has 3 N–H and O–H groups in total. The fourth-order valence-electron chi connectivity index (χ4n) is 2.27. The summed E-state index contributed by atoms with van der Waals surface area (Å²) in [7, 11) is 1.95. The molecule has 5 heteroatoms. The van der Waals surface area contributed by atoms with Gasteiger partial charge in [0.25, 0.3) is 0 Å². The zero-order valence-corrected chi connectivity index (χ0v) is 10.6. The smallest absolute Gasteiger partial charge is 0.0946 e. The second-order valence-electron chi connectivity index (χ2n) is 4.48. The van der Waals surface area contributed by atoms with Gasteiger partial charge in [0.2, 0.25) is 0 Å². The summed E-state index contributed by atoms with van der Waals surface area (Å²) in [4.78, 5) is 8.45. The third-order valence-corrected chi connectivity index (χ3v) is 3.28. The Morgan fingerprint density at radius 2 is 2.21 bits per heavy atom. The van der Waals surface area contributed by atoms with Crippen molar-refractivity contribution >= 4 is 10.9 Å². The van der Waals surface area contributed by atoms with E-state index in [-0.39, 0.29) is 6.04 Å². The number of hydrogen-bond acceptors (Lipinski definition) is 4. The fourth-order valence-corrected chi connectivity index (χ4v) is 2.27. The minimum absolute atomic E-state index is 0.0860. The van der Waals surface area contributed by atoms with E-state index in [2.05, 4.69) is 21.5 Å². The van der Waals surface area contributed by atoms with E-state index in [0.29, 0.717) is 0 Å². The summed E-state index contributed by atoms with van der Waals surface area (Å²) >= 11 is 0. The van der Waals surface area contributed by atoms with Gasteiger partial charge in [0.15, 0.2) is 0 Å². The van der Waals surface area contributed by atoms with Crippen LogP contribution in [0.4, 0.5) is 0 Å². The number of fused-ring (bicyclic) bond motifs is 1. The molecule has 0 saturated carbocycles. The van der Waals surface area contributed by atoms with Crippen molar-refractivity contribution in [3.8, 4) is 0 Å². The summed E-state index contributed by atoms with van der Waals surface area (Å²) < 4.78 is 1.96. The number of nitrogens with one attached hydrogen (secondary N) is 1. The lowest BCUT2D eigenvalue weighted by Crippen LogP contribution is -2.30. The first-order valence-electron chi connectivity index (χ1n) is 6.06. The summed E-state index contributed by atoms with van der Waals surface area (Å²) in [5.41, 5.74) is 5.93. The maximum atomic E-state index is 5.70. The van der Waals surface area contributed by atoms with E-state index in [1.54, 1.807) is 12.5 Å². The SMILES string of the molecule is Cn1cncc1C(NN)c1ccc2ncccc2c1. The van der Waals surface area contributed by atoms with E-state index < -0.39 is 0 Å². The molecule has 5 nitrogen and oxygen atoms in total. The van der Waals surface area contributed by atoms with E-state index in [9.17, 15) is 0 Å². The van der Waals surface area contributed by atoms with E-state index in [4.69, 9.17) is 5.84 Å². The largest absolute Gasteiger partial charge is 0.336 e. The summed E-state index contributed by atoms with van der Waals surface area (Å²) in [6.45, 7) is 0. The van der Waals surface area contributed by atoms with Crippen LogP contribution in [0.5, 0.6) is 0 Å². The zero-order chi connectivity index (χ0) is 13.2. The van der Waals surface area contributed by atoms with Gasteiger partial charge in [-0.15, -0.1) is 0 Å². The lowest BCUT2D eigenvalue weighted by atomic mass is 10.0. The van der Waals surface area contributed by atoms with Crippen LogP contribution >= 0.6 is 0 Å². The third kappa shape index (κ3) is 2.09. The molecule has 0 bridgehead atoms. The van der Waals surface area contributed by atoms with E-state index in [1.165, 1.54) is 0 Å². The molecule has 0 aliphatic heterocycles. The molecule has 96 valence electrons. The third-order valence-electron chi connectivity index (χ3n) is 3.28. The van der Waals surface area contributed by atoms with Crippen molar-refractivity contribution in [1.29, 1.82) is 0 Å². The number of imidazole rings is 1. The average Bonchev–Trinajstić information content (AvgIpc) is 2.86. The van der Waals surface area contributed by atoms with Gasteiger partial charge < -0.3 is 4.57 Å². The van der Waals surface area contributed by atoms with Gasteiger partial charge in [-0.3, -0.25) is 10.8 Å². The predicted octanol–water partition coefficient (Wildman–Crippen LogP) is 1.52. The van der Waals surface area contributed by atoms with Crippen LogP contribution in [0.2, 0.25) is 0 Å². The molecular formula is C14H15N5. The number of nitrogens with two attached hydrogens (primary N) is 1. The lowest BCUT2D eigenvalue weighted by Gasteiger charge is -2.17. The van der Waals surface area contributed by atoms with Crippen LogP contribution in [0, 0.1) is 0 Å². The highest BCUT2D eigenvalue weighted by Gasteiger charge is 2.15. The summed E-state index contributed by atoms with van der Waals surface area (Å²) in [6, 6.07) is 10.0. The number of aromatic nitrogens is 3. The first-order chi connectivity index (χ1) is 9.29. The fraction of sp³-hybridized carbons (Fsp3) is 0.143. The van der Waals surface area contributed by atoms with Crippen LogP contribution in [-0.2, 0) is 7.05 Å². The summed E-state index contributed by atoms with van der Waals surface area (Å²) in [5, 5.41) is 1.10. The maximum absolute atomic E-state index is 5.70. The predicted molar refractivity (Wildman–Crippen MR) is 74.1 cm³/mol. The van der Waals surface area contributed by atoms with Crippen LogP contribution in [0.1, 0.15) is 17.3 Å². The van der Waals surface area contributed by atoms with Gasteiger partial charge in [-0.2, -0.15) is 0 Å². The Hall–Kier alpha value is -2.24. The second kappa shape index (κ2) is 4.79. The van der Waals surface area contributed by atoms with Gasteiger partial charge in [-0.1, -0.05) is 12.1 Å². The van der Waals surface area contributed by atoms with Crippen molar-refractivity contribution < 1.29 is 0 Å². The molecule has 0 fully saturated rings. The Kier molecular flexibility index (Phi) is 2.98. The molecule has 0 aliphatic carbocycles. The molecule has 1 atom stereocenters. The van der Waals surface area contributed by atoms with Gasteiger partial charge in [-0.25, -0.2) is 10.4 Å². The molecule has 2 aromatic heterocycles. The Bertz CT molecular complexity index is 704. The first kappa shape index (κ1) is 11.8. The highest BCUT2D eigenvalue weighted by Crippen LogP contribution is 2.23. The van der Waals surface area contributed by atoms with Crippen LogP contribution < -0.4 is 11.3 Å². The quantitative estimate of drug-likeness (QED) is 0.548. The Morgan fingerprint density at radius 3 is 2.95 bits per heavy atom. The van der Waals surface area contributed by atoms with Crippen molar-refractivity contribution in [3.63, 3.8) is 0 Å². The van der Waals surface area contributed by atoms with Crippen molar-refractivity contribution in [2.45, 2.75) is 6.04 Å². The van der Waals surface area contributed by atoms with E-state index >= 15 is 0 Å². The Morgan fingerprint density at radius 1 is 1.32 bits per heavy atom. The molecule has 1 aromatic carbocycles. The van der Waals surface area contributed by atoms with Crippen molar-refractivity contribution in [3.05, 3.63) is 60.3 Å². The lowest BCUT2D eigenvalue weighted by molar-refractivity contribution is 0.598. The van der Waals surface area contributed by atoms with Crippen molar-refractivity contribution in [2.75, 3.05) is 0 Å². The van der Waals surface area contributed by atoms with Crippen LogP contribution in [0.15, 0.2) is 49.1 Å². The molecule has 0 amide bonds. The molecule has 0 radical (unpaired) electrons. The Labute approximate surface area is 111 Å². The number of hydrogen-bond donors (Lipinski definition) is 2. The van der Waals surface area contributed by atoms with Gasteiger partial charge in [0.1, 0.15) is 0 Å². The zero-order valence-electron chi connectivity index (χ0n) is 10.6. The van der Waals surface area contributed by atoms with Gasteiger partial charge in [0.05, 0.1) is 29.8 Å². The monoisotopic (exact) mass is 253 g/mol. The molecular weight excluding hydrogens is 238 g/mol. The minimum atomic E-state index is -0.0860. The van der Waals surface area contributed by atoms with E-state index in [0.717, 1.165) is 22.2 Å². The van der Waals surface area contributed by atoms with E-state index in [1.807, 2.05) is 42.1 Å². The molecule has 3 aromatic rings. The highest BCUT2D eigenvalue weighted by atomic mass is 15.2. The molecule has 0 saturated heterocycles. The first-order valence-corrected chi connectivity index (χ1v) is 6.06. The molecule has 3 rings (SSSR count). The molecule has 0 aliphatic rings. The van der Waals surface area contributed by atoms with Crippen molar-refractivity contribution in [1.82, 2.24) is 20.0 Å². The summed E-state index contributed by atoms with van der Waals surface area (Å²) in [6.07, 6.45) is 5.38.